The van der Waals surface area contributed by atoms with Gasteiger partial charge in [0.05, 0.1) is 6.42 Å². The Morgan fingerprint density at radius 1 is 1.31 bits per heavy atom. The van der Waals surface area contributed by atoms with Gasteiger partial charge < -0.3 is 21.3 Å². The first-order chi connectivity index (χ1) is 5.43. The van der Waals surface area contributed by atoms with Crippen LogP contribution in [0.25, 0.3) is 0 Å². The summed E-state index contributed by atoms with van der Waals surface area (Å²) in [7, 11) is 0. The first kappa shape index (κ1) is 14.3. The molecule has 0 aromatic heterocycles. The number of rotatable bonds is 4. The van der Waals surface area contributed by atoms with Crippen LogP contribution in [0.15, 0.2) is 0 Å². The van der Waals surface area contributed by atoms with Crippen LogP contribution in [0.1, 0.15) is 6.42 Å². The standard InChI is InChI=1S/C5H8N2O5.Cu/c6-5(12)7-2(4(10)11)1-3(8)9;/h2H,1H2,(H,8,9)(H,10,11)(H3,6,7,12);/t2-;/m0./s1. The summed E-state index contributed by atoms with van der Waals surface area (Å²) in [5, 5.41) is 18.3. The van der Waals surface area contributed by atoms with E-state index < -0.39 is 30.4 Å². The van der Waals surface area contributed by atoms with Crippen LogP contribution in [0.2, 0.25) is 0 Å². The Morgan fingerprint density at radius 2 is 1.77 bits per heavy atom. The summed E-state index contributed by atoms with van der Waals surface area (Å²) in [6.07, 6.45) is -0.696. The van der Waals surface area contributed by atoms with Crippen LogP contribution in [0.3, 0.4) is 0 Å². The molecule has 0 spiro atoms. The molecule has 0 bridgehead atoms. The molecule has 0 unspecified atom stereocenters. The van der Waals surface area contributed by atoms with E-state index in [0.717, 1.165) is 0 Å². The molecule has 0 aliphatic rings. The monoisotopic (exact) mass is 239 g/mol. The molecule has 1 radical (unpaired) electrons. The number of urea groups is 1. The molecule has 13 heavy (non-hydrogen) atoms. The molecule has 0 saturated heterocycles. The fraction of sp³-hybridized carbons (Fsp3) is 0.400. The first-order valence-corrected chi connectivity index (χ1v) is 2.94. The van der Waals surface area contributed by atoms with E-state index >= 15 is 0 Å². The van der Waals surface area contributed by atoms with Crippen molar-refractivity contribution in [1.82, 2.24) is 5.32 Å². The number of carbonyl (C=O) groups is 3. The van der Waals surface area contributed by atoms with Gasteiger partial charge in [0.25, 0.3) is 0 Å². The van der Waals surface area contributed by atoms with Crippen LogP contribution < -0.4 is 11.1 Å². The van der Waals surface area contributed by atoms with E-state index in [2.05, 4.69) is 5.73 Å². The molecule has 0 rings (SSSR count). The molecule has 0 aliphatic carbocycles. The van der Waals surface area contributed by atoms with Crippen molar-refractivity contribution in [2.75, 3.05) is 0 Å². The summed E-state index contributed by atoms with van der Waals surface area (Å²) in [6.45, 7) is 0. The van der Waals surface area contributed by atoms with E-state index in [1.54, 1.807) is 5.32 Å². The molecule has 0 aromatic carbocycles. The number of primary amides is 1. The minimum Gasteiger partial charge on any atom is -0.481 e. The Balaban J connectivity index is 0. The fourth-order valence-corrected chi connectivity index (χ4v) is 0.546. The minimum absolute atomic E-state index is 0. The van der Waals surface area contributed by atoms with Gasteiger partial charge in [0, 0.05) is 17.1 Å². The van der Waals surface area contributed by atoms with Crippen LogP contribution in [0.5, 0.6) is 0 Å². The third-order valence-electron chi connectivity index (χ3n) is 0.993. The van der Waals surface area contributed by atoms with E-state index in [1.165, 1.54) is 0 Å². The van der Waals surface area contributed by atoms with Crippen LogP contribution in [-0.4, -0.2) is 34.2 Å². The van der Waals surface area contributed by atoms with Crippen molar-refractivity contribution in [1.29, 1.82) is 0 Å². The van der Waals surface area contributed by atoms with Gasteiger partial charge in [0.2, 0.25) is 0 Å². The molecule has 0 fully saturated rings. The fourth-order valence-electron chi connectivity index (χ4n) is 0.546. The number of nitrogens with two attached hydrogens (primary N) is 1. The van der Waals surface area contributed by atoms with Gasteiger partial charge in [-0.3, -0.25) is 4.79 Å². The molecular weight excluding hydrogens is 232 g/mol. The van der Waals surface area contributed by atoms with Crippen molar-refractivity contribution in [3.8, 4) is 0 Å². The zero-order valence-corrected chi connectivity index (χ0v) is 7.22. The SMILES string of the molecule is NC(=O)N[C@@H](CC(=O)O)C(=O)O.[Cu]. The molecule has 0 aliphatic heterocycles. The van der Waals surface area contributed by atoms with Crippen molar-refractivity contribution in [2.24, 2.45) is 5.73 Å². The Hall–Kier alpha value is -1.27. The molecule has 0 heterocycles. The minimum atomic E-state index is -1.47. The average molecular weight is 240 g/mol. The van der Waals surface area contributed by atoms with Crippen molar-refractivity contribution < 1.29 is 41.7 Å². The Labute approximate surface area is 83.8 Å². The van der Waals surface area contributed by atoms with E-state index in [1.807, 2.05) is 0 Å². The van der Waals surface area contributed by atoms with Gasteiger partial charge in [-0.2, -0.15) is 0 Å². The van der Waals surface area contributed by atoms with Gasteiger partial charge in [-0.1, -0.05) is 0 Å². The predicted molar refractivity (Wildman–Crippen MR) is 36.4 cm³/mol. The van der Waals surface area contributed by atoms with Gasteiger partial charge in [-0.25, -0.2) is 9.59 Å². The number of amides is 2. The number of aliphatic carboxylic acids is 2. The second kappa shape index (κ2) is 6.27. The van der Waals surface area contributed by atoms with Gasteiger partial charge in [-0.05, 0) is 0 Å². The third kappa shape index (κ3) is 7.10. The second-order valence-electron chi connectivity index (χ2n) is 2.00. The molecular formula is C5H8CuN2O5. The molecule has 0 saturated carbocycles. The average Bonchev–Trinajstić information content (AvgIpc) is 1.83. The predicted octanol–water partition coefficient (Wildman–Crippen LogP) is -1.42. The third-order valence-corrected chi connectivity index (χ3v) is 0.993. The maximum absolute atomic E-state index is 10.2. The topological polar surface area (TPSA) is 130 Å². The van der Waals surface area contributed by atoms with Crippen LogP contribution in [0.4, 0.5) is 4.79 Å². The quantitative estimate of drug-likeness (QED) is 0.448. The maximum Gasteiger partial charge on any atom is 0.326 e. The number of hydrogen-bond acceptors (Lipinski definition) is 3. The van der Waals surface area contributed by atoms with Gasteiger partial charge >= 0.3 is 18.0 Å². The van der Waals surface area contributed by atoms with Crippen LogP contribution in [-0.2, 0) is 26.7 Å². The van der Waals surface area contributed by atoms with E-state index in [9.17, 15) is 14.4 Å². The Morgan fingerprint density at radius 3 is 2.00 bits per heavy atom. The molecule has 8 heteroatoms. The number of carboxylic acid groups (broad SMARTS) is 2. The molecule has 0 aromatic rings. The van der Waals surface area contributed by atoms with E-state index in [4.69, 9.17) is 10.2 Å². The summed E-state index contributed by atoms with van der Waals surface area (Å²) in [5.74, 6) is -2.76. The molecule has 1 atom stereocenters. The van der Waals surface area contributed by atoms with Gasteiger partial charge in [0.15, 0.2) is 0 Å². The molecule has 2 amide bonds. The maximum atomic E-state index is 10.2. The largest absolute Gasteiger partial charge is 0.481 e. The normalized spacial score (nSPS) is 10.8. The second-order valence-corrected chi connectivity index (χ2v) is 2.00. The summed E-state index contributed by atoms with van der Waals surface area (Å²) in [5.41, 5.74) is 4.60. The van der Waals surface area contributed by atoms with Crippen LogP contribution >= 0.6 is 0 Å². The Bertz CT molecular complexity index is 203. The summed E-state index contributed by atoms with van der Waals surface area (Å²) >= 11 is 0. The van der Waals surface area contributed by atoms with E-state index in [0.29, 0.717) is 0 Å². The molecule has 5 N–H and O–H groups in total. The van der Waals surface area contributed by atoms with Crippen molar-refractivity contribution >= 4 is 18.0 Å². The number of nitrogens with one attached hydrogen (secondary N) is 1. The smallest absolute Gasteiger partial charge is 0.326 e. The summed E-state index contributed by atoms with van der Waals surface area (Å²) in [6, 6.07) is -2.54. The number of carboxylic acids is 2. The molecule has 7 nitrogen and oxygen atoms in total. The zero-order chi connectivity index (χ0) is 9.72. The van der Waals surface area contributed by atoms with Crippen molar-refractivity contribution in [2.45, 2.75) is 12.5 Å². The Kier molecular flexibility index (Phi) is 6.88. The van der Waals surface area contributed by atoms with Gasteiger partial charge in [-0.15, -0.1) is 0 Å². The van der Waals surface area contributed by atoms with Gasteiger partial charge in [0.1, 0.15) is 6.04 Å². The number of hydrogen-bond donors (Lipinski definition) is 4. The number of carbonyl (C=O) groups excluding carboxylic acids is 1. The van der Waals surface area contributed by atoms with E-state index in [-0.39, 0.29) is 17.1 Å². The molecule has 79 valence electrons. The van der Waals surface area contributed by atoms with Crippen molar-refractivity contribution in [3.63, 3.8) is 0 Å². The zero-order valence-electron chi connectivity index (χ0n) is 6.28. The summed E-state index contributed by atoms with van der Waals surface area (Å²) < 4.78 is 0. The van der Waals surface area contributed by atoms with Crippen LogP contribution in [0, 0.1) is 0 Å². The van der Waals surface area contributed by atoms with Crippen molar-refractivity contribution in [3.05, 3.63) is 0 Å². The first-order valence-electron chi connectivity index (χ1n) is 2.94. The summed E-state index contributed by atoms with van der Waals surface area (Å²) in [4.78, 5) is 30.4.